The molecule has 1 amide bonds. The topological polar surface area (TPSA) is 69.3 Å². The van der Waals surface area contributed by atoms with Crippen LogP contribution >= 0.6 is 0 Å². The van der Waals surface area contributed by atoms with E-state index in [2.05, 4.69) is 36.3 Å². The van der Waals surface area contributed by atoms with Crippen LogP contribution in [0.5, 0.6) is 23.0 Å². The van der Waals surface area contributed by atoms with Crippen LogP contribution in [0.3, 0.4) is 0 Å². The first-order chi connectivity index (χ1) is 16.9. The lowest BCUT2D eigenvalue weighted by molar-refractivity contribution is -0.120. The normalized spacial score (nSPS) is 18.6. The van der Waals surface area contributed by atoms with Crippen molar-refractivity contribution < 1.29 is 23.7 Å². The highest BCUT2D eigenvalue weighted by Crippen LogP contribution is 2.46. The number of carbonyl (C=O) groups is 1. The third-order valence-electron chi connectivity index (χ3n) is 6.79. The van der Waals surface area contributed by atoms with E-state index in [0.717, 1.165) is 58.7 Å². The number of allylic oxidation sites excluding steroid dienone is 2. The fourth-order valence-electron chi connectivity index (χ4n) is 4.96. The number of rotatable bonds is 8. The van der Waals surface area contributed by atoms with Gasteiger partial charge in [-0.2, -0.15) is 0 Å². The highest BCUT2D eigenvalue weighted by molar-refractivity contribution is 6.08. The lowest BCUT2D eigenvalue weighted by Gasteiger charge is -2.14. The second kappa shape index (κ2) is 10.4. The van der Waals surface area contributed by atoms with Gasteiger partial charge < -0.3 is 29.2 Å². The van der Waals surface area contributed by atoms with Crippen LogP contribution in [0.25, 0.3) is 17.2 Å². The van der Waals surface area contributed by atoms with Gasteiger partial charge in [0.25, 0.3) is 0 Å². The van der Waals surface area contributed by atoms with Crippen LogP contribution < -0.4 is 24.3 Å². The van der Waals surface area contributed by atoms with Gasteiger partial charge >= 0.3 is 0 Å². The third-order valence-corrected chi connectivity index (χ3v) is 6.79. The fourth-order valence-corrected chi connectivity index (χ4v) is 4.96. The zero-order valence-electron chi connectivity index (χ0n) is 21.4. The van der Waals surface area contributed by atoms with E-state index >= 15 is 0 Å². The Morgan fingerprint density at radius 2 is 1.74 bits per heavy atom. The van der Waals surface area contributed by atoms with Crippen LogP contribution in [-0.4, -0.2) is 65.4 Å². The maximum Gasteiger partial charge on any atom is 0.224 e. The number of amides is 1. The van der Waals surface area contributed by atoms with Crippen molar-refractivity contribution in [3.05, 3.63) is 52.6 Å². The minimum Gasteiger partial charge on any atom is -0.497 e. The van der Waals surface area contributed by atoms with Gasteiger partial charge in [-0.15, -0.1) is 0 Å². The van der Waals surface area contributed by atoms with E-state index in [0.29, 0.717) is 23.7 Å². The predicted molar refractivity (Wildman–Crippen MR) is 138 cm³/mol. The molecular formula is C28H34N2O5. The molecule has 1 N–H and O–H groups in total. The number of fused-ring (bicyclic) bond motifs is 1. The van der Waals surface area contributed by atoms with Gasteiger partial charge in [0.1, 0.15) is 5.75 Å². The van der Waals surface area contributed by atoms with E-state index in [-0.39, 0.29) is 11.9 Å². The number of nitrogens with zero attached hydrogens (tertiary/aromatic N) is 1. The number of hydrogen-bond donors (Lipinski definition) is 1. The Hall–Kier alpha value is -3.45. The third kappa shape index (κ3) is 5.00. The summed E-state index contributed by atoms with van der Waals surface area (Å²) >= 11 is 0. The average Bonchev–Trinajstić information content (AvgIpc) is 3.38. The predicted octanol–water partition coefficient (Wildman–Crippen LogP) is 4.26. The fraction of sp³-hybridized carbons (Fsp3) is 0.393. The summed E-state index contributed by atoms with van der Waals surface area (Å²) < 4.78 is 22.0. The van der Waals surface area contributed by atoms with Crippen LogP contribution in [0, 0.1) is 0 Å². The van der Waals surface area contributed by atoms with Crippen molar-refractivity contribution in [2.24, 2.45) is 0 Å². The number of carbonyl (C=O) groups excluding carboxylic acids is 1. The largest absolute Gasteiger partial charge is 0.497 e. The van der Waals surface area contributed by atoms with Crippen LogP contribution in [0.2, 0.25) is 0 Å². The average molecular weight is 479 g/mol. The van der Waals surface area contributed by atoms with E-state index in [1.165, 1.54) is 0 Å². The maximum atomic E-state index is 13.0. The van der Waals surface area contributed by atoms with Gasteiger partial charge in [-0.05, 0) is 90.7 Å². The van der Waals surface area contributed by atoms with Gasteiger partial charge in [0.15, 0.2) is 11.5 Å². The molecule has 2 aromatic rings. The van der Waals surface area contributed by atoms with Crippen LogP contribution in [0.1, 0.15) is 36.5 Å². The summed E-state index contributed by atoms with van der Waals surface area (Å²) in [6, 6.07) is 10.1. The van der Waals surface area contributed by atoms with Crippen LogP contribution in [-0.2, 0) is 4.79 Å². The molecule has 186 valence electrons. The van der Waals surface area contributed by atoms with Crippen molar-refractivity contribution in [3.63, 3.8) is 0 Å². The van der Waals surface area contributed by atoms with Crippen molar-refractivity contribution in [2.45, 2.75) is 25.8 Å². The SMILES string of the molecule is COc1ccc2c(c1)C(CC(=O)N[C@H]1CCN(C)C1)=C(C)/C2=C/c1cc(OC)c(OC)c(OC)c1. The molecule has 1 aliphatic carbocycles. The van der Waals surface area contributed by atoms with Gasteiger partial charge in [0.2, 0.25) is 11.7 Å². The molecule has 2 aliphatic rings. The minimum absolute atomic E-state index is 0.0439. The molecule has 2 aromatic carbocycles. The Bertz CT molecular complexity index is 1160. The number of ether oxygens (including phenoxy) is 4. The standard InChI is InChI=1S/C28H34N2O5/c1-17-22(11-18-12-25(33-4)28(35-6)26(13-18)34-5)21-8-7-20(32-3)14-24(21)23(17)15-27(31)29-19-9-10-30(2)16-19/h7-8,11-14,19H,9-10,15-16H2,1-6H3,(H,29,31)/b22-11-/t19-/m0/s1. The molecule has 4 rings (SSSR count). The number of benzene rings is 2. The zero-order chi connectivity index (χ0) is 25.1. The zero-order valence-corrected chi connectivity index (χ0v) is 21.4. The van der Waals surface area contributed by atoms with Gasteiger partial charge in [-0.3, -0.25) is 4.79 Å². The molecule has 1 fully saturated rings. The Labute approximate surface area is 207 Å². The first kappa shape index (κ1) is 24.7. The minimum atomic E-state index is 0.0439. The van der Waals surface area contributed by atoms with Crippen molar-refractivity contribution in [1.29, 1.82) is 0 Å². The number of hydrogen-bond acceptors (Lipinski definition) is 6. The van der Waals surface area contributed by atoms with Crippen molar-refractivity contribution in [2.75, 3.05) is 48.6 Å². The van der Waals surface area contributed by atoms with Gasteiger partial charge in [0.05, 0.1) is 34.9 Å². The molecule has 0 unspecified atom stereocenters. The van der Waals surface area contributed by atoms with Gasteiger partial charge in [-0.25, -0.2) is 0 Å². The van der Waals surface area contributed by atoms with E-state index in [9.17, 15) is 4.79 Å². The van der Waals surface area contributed by atoms with Gasteiger partial charge in [0, 0.05) is 12.6 Å². The summed E-state index contributed by atoms with van der Waals surface area (Å²) in [6.07, 6.45) is 3.40. The van der Waals surface area contributed by atoms with E-state index in [1.807, 2.05) is 24.3 Å². The molecule has 7 nitrogen and oxygen atoms in total. The molecule has 0 aromatic heterocycles. The molecule has 0 saturated carbocycles. The van der Waals surface area contributed by atoms with E-state index < -0.39 is 0 Å². The number of likely N-dealkylation sites (tertiary alicyclic amines) is 1. The van der Waals surface area contributed by atoms with Crippen molar-refractivity contribution >= 4 is 23.1 Å². The summed E-state index contributed by atoms with van der Waals surface area (Å²) in [5, 5.41) is 3.21. The molecule has 1 heterocycles. The second-order valence-electron chi connectivity index (χ2n) is 9.02. The quantitative estimate of drug-likeness (QED) is 0.612. The van der Waals surface area contributed by atoms with Crippen LogP contribution in [0.4, 0.5) is 0 Å². The monoisotopic (exact) mass is 478 g/mol. The lowest BCUT2D eigenvalue weighted by atomic mass is 10.00. The lowest BCUT2D eigenvalue weighted by Crippen LogP contribution is -2.36. The summed E-state index contributed by atoms with van der Waals surface area (Å²) in [4.78, 5) is 15.3. The molecule has 35 heavy (non-hydrogen) atoms. The smallest absolute Gasteiger partial charge is 0.224 e. The van der Waals surface area contributed by atoms with Crippen molar-refractivity contribution in [3.8, 4) is 23.0 Å². The molecule has 0 bridgehead atoms. The Morgan fingerprint density at radius 3 is 2.31 bits per heavy atom. The molecule has 7 heteroatoms. The first-order valence-corrected chi connectivity index (χ1v) is 11.8. The Balaban J connectivity index is 1.73. The summed E-state index contributed by atoms with van der Waals surface area (Å²) in [5.74, 6) is 2.54. The molecule has 0 radical (unpaired) electrons. The van der Waals surface area contributed by atoms with Gasteiger partial charge in [-0.1, -0.05) is 6.07 Å². The number of methoxy groups -OCH3 is 4. The first-order valence-electron chi connectivity index (χ1n) is 11.8. The highest BCUT2D eigenvalue weighted by atomic mass is 16.5. The summed E-state index contributed by atoms with van der Waals surface area (Å²) in [6.45, 7) is 3.97. The number of likely N-dealkylation sites (N-methyl/N-ethyl adjacent to an activating group) is 1. The van der Waals surface area contributed by atoms with E-state index in [1.54, 1.807) is 28.4 Å². The number of nitrogens with one attached hydrogen (secondary N) is 1. The molecule has 1 atom stereocenters. The molecule has 0 spiro atoms. The molecule has 1 aliphatic heterocycles. The summed E-state index contributed by atoms with van der Waals surface area (Å²) in [5.41, 5.74) is 6.15. The van der Waals surface area contributed by atoms with Crippen LogP contribution in [0.15, 0.2) is 35.9 Å². The Morgan fingerprint density at radius 1 is 1.03 bits per heavy atom. The maximum absolute atomic E-state index is 13.0. The van der Waals surface area contributed by atoms with Crippen molar-refractivity contribution in [1.82, 2.24) is 10.2 Å². The Kier molecular flexibility index (Phi) is 7.36. The summed E-state index contributed by atoms with van der Waals surface area (Å²) in [7, 11) is 8.54. The second-order valence-corrected chi connectivity index (χ2v) is 9.02. The molecular weight excluding hydrogens is 444 g/mol. The van der Waals surface area contributed by atoms with E-state index in [4.69, 9.17) is 18.9 Å². The highest BCUT2D eigenvalue weighted by Gasteiger charge is 2.28. The molecule has 1 saturated heterocycles.